The van der Waals surface area contributed by atoms with Crippen LogP contribution in [0.4, 0.5) is 0 Å². The zero-order valence-corrected chi connectivity index (χ0v) is 11.3. The molecule has 0 aromatic rings. The van der Waals surface area contributed by atoms with Crippen molar-refractivity contribution in [2.24, 2.45) is 17.6 Å². The molecule has 6 nitrogen and oxygen atoms in total. The van der Waals surface area contributed by atoms with E-state index in [4.69, 9.17) is 15.6 Å². The van der Waals surface area contributed by atoms with Gasteiger partial charge in [-0.3, -0.25) is 9.59 Å². The minimum Gasteiger partial charge on any atom is -0.481 e. The van der Waals surface area contributed by atoms with Crippen LogP contribution in [0.3, 0.4) is 0 Å². The molecule has 0 aromatic carbocycles. The van der Waals surface area contributed by atoms with E-state index < -0.39 is 11.9 Å². The standard InChI is InChI=1S/C12H24N2O4/c1-4-18-9(6-13)5-11(15)14-7-10(8(2)3)12(16)17/h8-10H,4-7,13H2,1-3H3,(H,14,15)(H,16,17). The Morgan fingerprint density at radius 2 is 2.00 bits per heavy atom. The van der Waals surface area contributed by atoms with Crippen LogP contribution < -0.4 is 11.1 Å². The van der Waals surface area contributed by atoms with Gasteiger partial charge in [0, 0.05) is 19.7 Å². The van der Waals surface area contributed by atoms with Crippen LogP contribution in [0.1, 0.15) is 27.2 Å². The van der Waals surface area contributed by atoms with E-state index >= 15 is 0 Å². The second-order valence-corrected chi connectivity index (χ2v) is 4.51. The Kier molecular flexibility index (Phi) is 8.32. The van der Waals surface area contributed by atoms with E-state index in [1.54, 1.807) is 0 Å². The quantitative estimate of drug-likeness (QED) is 0.550. The predicted molar refractivity (Wildman–Crippen MR) is 68.1 cm³/mol. The van der Waals surface area contributed by atoms with Gasteiger partial charge in [0.05, 0.1) is 18.4 Å². The second kappa shape index (κ2) is 8.88. The van der Waals surface area contributed by atoms with Crippen molar-refractivity contribution in [3.05, 3.63) is 0 Å². The lowest BCUT2D eigenvalue weighted by Crippen LogP contribution is -2.38. The van der Waals surface area contributed by atoms with Crippen LogP contribution in [0.25, 0.3) is 0 Å². The van der Waals surface area contributed by atoms with E-state index in [1.165, 1.54) is 0 Å². The molecule has 18 heavy (non-hydrogen) atoms. The number of hydrogen-bond acceptors (Lipinski definition) is 4. The molecule has 0 aliphatic carbocycles. The zero-order valence-electron chi connectivity index (χ0n) is 11.3. The smallest absolute Gasteiger partial charge is 0.308 e. The Hall–Kier alpha value is -1.14. The van der Waals surface area contributed by atoms with Crippen molar-refractivity contribution in [2.45, 2.75) is 33.3 Å². The average molecular weight is 260 g/mol. The van der Waals surface area contributed by atoms with Gasteiger partial charge in [0.15, 0.2) is 0 Å². The fourth-order valence-electron chi connectivity index (χ4n) is 1.56. The first-order valence-electron chi connectivity index (χ1n) is 6.23. The summed E-state index contributed by atoms with van der Waals surface area (Å²) in [6, 6.07) is 0. The Morgan fingerprint density at radius 1 is 1.39 bits per heavy atom. The molecule has 0 rings (SSSR count). The minimum absolute atomic E-state index is 0.0278. The molecule has 0 bridgehead atoms. The van der Waals surface area contributed by atoms with Crippen LogP contribution >= 0.6 is 0 Å². The predicted octanol–water partition coefficient (Wildman–Crippen LogP) is 0.213. The molecular weight excluding hydrogens is 236 g/mol. The van der Waals surface area contributed by atoms with Crippen molar-refractivity contribution in [3.8, 4) is 0 Å². The van der Waals surface area contributed by atoms with E-state index in [1.807, 2.05) is 20.8 Å². The van der Waals surface area contributed by atoms with Crippen LogP contribution in [0.2, 0.25) is 0 Å². The van der Waals surface area contributed by atoms with Gasteiger partial charge in [-0.2, -0.15) is 0 Å². The van der Waals surface area contributed by atoms with Crippen molar-refractivity contribution in [1.82, 2.24) is 5.32 Å². The molecule has 2 atom stereocenters. The summed E-state index contributed by atoms with van der Waals surface area (Å²) in [6.07, 6.45) is -0.147. The summed E-state index contributed by atoms with van der Waals surface area (Å²) in [7, 11) is 0. The van der Waals surface area contributed by atoms with Crippen molar-refractivity contribution >= 4 is 11.9 Å². The molecule has 0 fully saturated rings. The molecule has 0 saturated heterocycles. The maximum absolute atomic E-state index is 11.6. The first kappa shape index (κ1) is 16.9. The number of carbonyl (C=O) groups is 2. The largest absolute Gasteiger partial charge is 0.481 e. The number of rotatable bonds is 9. The van der Waals surface area contributed by atoms with Crippen LogP contribution in [-0.4, -0.2) is 42.8 Å². The van der Waals surface area contributed by atoms with Gasteiger partial charge in [0.2, 0.25) is 5.91 Å². The summed E-state index contributed by atoms with van der Waals surface area (Å²) in [5.41, 5.74) is 5.46. The van der Waals surface area contributed by atoms with E-state index in [0.29, 0.717) is 6.61 Å². The number of carbonyl (C=O) groups excluding carboxylic acids is 1. The number of hydrogen-bond donors (Lipinski definition) is 3. The molecule has 2 unspecified atom stereocenters. The summed E-state index contributed by atoms with van der Waals surface area (Å²) in [5, 5.41) is 11.6. The van der Waals surface area contributed by atoms with E-state index in [2.05, 4.69) is 5.32 Å². The van der Waals surface area contributed by atoms with Gasteiger partial charge in [-0.15, -0.1) is 0 Å². The van der Waals surface area contributed by atoms with Crippen molar-refractivity contribution in [2.75, 3.05) is 19.7 Å². The molecular formula is C12H24N2O4. The zero-order chi connectivity index (χ0) is 14.1. The molecule has 0 spiro atoms. The van der Waals surface area contributed by atoms with Crippen molar-refractivity contribution in [3.63, 3.8) is 0 Å². The minimum atomic E-state index is -0.898. The number of carboxylic acid groups (broad SMARTS) is 1. The highest BCUT2D eigenvalue weighted by Crippen LogP contribution is 2.09. The molecule has 6 heteroatoms. The highest BCUT2D eigenvalue weighted by molar-refractivity contribution is 5.77. The maximum atomic E-state index is 11.6. The Balaban J connectivity index is 4.11. The van der Waals surface area contributed by atoms with Gasteiger partial charge < -0.3 is 20.9 Å². The van der Waals surface area contributed by atoms with Crippen LogP contribution in [0.15, 0.2) is 0 Å². The number of amides is 1. The lowest BCUT2D eigenvalue weighted by molar-refractivity contribution is -0.143. The number of carboxylic acids is 1. The van der Waals surface area contributed by atoms with Gasteiger partial charge in [-0.05, 0) is 12.8 Å². The number of aliphatic carboxylic acids is 1. The third-order valence-electron chi connectivity index (χ3n) is 2.72. The third-order valence-corrected chi connectivity index (χ3v) is 2.72. The van der Waals surface area contributed by atoms with Crippen LogP contribution in [0, 0.1) is 11.8 Å². The van der Waals surface area contributed by atoms with Gasteiger partial charge in [-0.25, -0.2) is 0 Å². The van der Waals surface area contributed by atoms with Gasteiger partial charge in [0.25, 0.3) is 0 Å². The highest BCUT2D eigenvalue weighted by atomic mass is 16.5. The summed E-state index contributed by atoms with van der Waals surface area (Å²) < 4.78 is 5.26. The Bertz CT molecular complexity index is 269. The maximum Gasteiger partial charge on any atom is 0.308 e. The summed E-state index contributed by atoms with van der Waals surface area (Å²) in [6.45, 7) is 6.36. The molecule has 0 heterocycles. The summed E-state index contributed by atoms with van der Waals surface area (Å²) >= 11 is 0. The fraction of sp³-hybridized carbons (Fsp3) is 0.833. The first-order valence-corrected chi connectivity index (χ1v) is 6.23. The molecule has 106 valence electrons. The monoisotopic (exact) mass is 260 g/mol. The Morgan fingerprint density at radius 3 is 2.39 bits per heavy atom. The fourth-order valence-corrected chi connectivity index (χ4v) is 1.56. The van der Waals surface area contributed by atoms with E-state index in [-0.39, 0.29) is 37.4 Å². The normalized spacial score (nSPS) is 14.3. The number of ether oxygens (including phenoxy) is 1. The first-order chi connectivity index (χ1) is 8.42. The topological polar surface area (TPSA) is 102 Å². The SMILES string of the molecule is CCOC(CN)CC(=O)NCC(C(=O)O)C(C)C. The van der Waals surface area contributed by atoms with Crippen molar-refractivity contribution < 1.29 is 19.4 Å². The Labute approximate surface area is 108 Å². The van der Waals surface area contributed by atoms with Gasteiger partial charge in [0.1, 0.15) is 0 Å². The van der Waals surface area contributed by atoms with Crippen LogP contribution in [0.5, 0.6) is 0 Å². The lowest BCUT2D eigenvalue weighted by atomic mass is 9.96. The summed E-state index contributed by atoms with van der Waals surface area (Å²) in [5.74, 6) is -1.73. The van der Waals surface area contributed by atoms with Gasteiger partial charge >= 0.3 is 5.97 Å². The molecule has 0 saturated carbocycles. The average Bonchev–Trinajstić information content (AvgIpc) is 2.27. The molecule has 4 N–H and O–H groups in total. The summed E-state index contributed by atoms with van der Waals surface area (Å²) in [4.78, 5) is 22.5. The van der Waals surface area contributed by atoms with E-state index in [0.717, 1.165) is 0 Å². The van der Waals surface area contributed by atoms with Crippen molar-refractivity contribution in [1.29, 1.82) is 0 Å². The highest BCUT2D eigenvalue weighted by Gasteiger charge is 2.22. The third kappa shape index (κ3) is 6.56. The second-order valence-electron chi connectivity index (χ2n) is 4.51. The van der Waals surface area contributed by atoms with E-state index in [9.17, 15) is 9.59 Å². The molecule has 0 aromatic heterocycles. The lowest BCUT2D eigenvalue weighted by Gasteiger charge is -2.18. The molecule has 0 aliphatic heterocycles. The number of nitrogens with two attached hydrogens (primary N) is 1. The van der Waals surface area contributed by atoms with Gasteiger partial charge in [-0.1, -0.05) is 13.8 Å². The molecule has 0 radical (unpaired) electrons. The molecule has 0 aliphatic rings. The van der Waals surface area contributed by atoms with Crippen LogP contribution in [-0.2, 0) is 14.3 Å². The molecule has 1 amide bonds. The number of nitrogens with one attached hydrogen (secondary N) is 1.